The molecule has 1 fully saturated rings. The zero-order valence-corrected chi connectivity index (χ0v) is 13.5. The van der Waals surface area contributed by atoms with Crippen molar-refractivity contribution in [1.29, 1.82) is 0 Å². The second-order valence-corrected chi connectivity index (χ2v) is 5.46. The lowest BCUT2D eigenvalue weighted by molar-refractivity contribution is 0.437. The maximum atomic E-state index is 13.9. The molecule has 6 heteroatoms. The molecular weight excluding hydrogens is 285 g/mol. The number of rotatable bonds is 2. The van der Waals surface area contributed by atoms with Gasteiger partial charge in [0.15, 0.2) is 16.1 Å². The molecule has 0 saturated carbocycles. The lowest BCUT2D eigenvalue weighted by atomic mass is 10.0. The highest BCUT2D eigenvalue weighted by Crippen LogP contribution is 2.28. The molecule has 1 aromatic heterocycles. The molecule has 1 aromatic rings. The van der Waals surface area contributed by atoms with Crippen LogP contribution in [0.4, 0.5) is 10.2 Å². The van der Waals surface area contributed by atoms with E-state index in [1.807, 2.05) is 25.0 Å². The van der Waals surface area contributed by atoms with E-state index in [0.29, 0.717) is 16.9 Å². The van der Waals surface area contributed by atoms with E-state index in [-0.39, 0.29) is 5.15 Å². The van der Waals surface area contributed by atoms with Crippen LogP contribution in [-0.2, 0) is 0 Å². The molecule has 0 amide bonds. The van der Waals surface area contributed by atoms with Crippen molar-refractivity contribution in [2.24, 2.45) is 5.92 Å². The fourth-order valence-electron chi connectivity index (χ4n) is 2.07. The summed E-state index contributed by atoms with van der Waals surface area (Å²) in [7, 11) is 0. The van der Waals surface area contributed by atoms with Crippen molar-refractivity contribution in [2.45, 2.75) is 38.8 Å². The first-order valence-electron chi connectivity index (χ1n) is 6.63. The number of aromatic nitrogens is 2. The number of thioether (sulfide) groups is 1. The monoisotopic (exact) mass is 305 g/mol. The quantitative estimate of drug-likeness (QED) is 0.464. The SMILES string of the molecule is CC.CSc1nc(Cl)c(F)c(N2CCCC(C)C2)n1. The molecule has 0 N–H and O–H groups in total. The fourth-order valence-corrected chi connectivity index (χ4v) is 2.65. The Hall–Kier alpha value is -0.550. The van der Waals surface area contributed by atoms with Gasteiger partial charge in [0.1, 0.15) is 0 Å². The Morgan fingerprint density at radius 1 is 1.37 bits per heavy atom. The van der Waals surface area contributed by atoms with Gasteiger partial charge in [-0.3, -0.25) is 0 Å². The summed E-state index contributed by atoms with van der Waals surface area (Å²) in [5, 5.41) is 0.433. The molecule has 2 heterocycles. The molecule has 0 spiro atoms. The summed E-state index contributed by atoms with van der Waals surface area (Å²) in [5.41, 5.74) is 0. The molecule has 0 radical (unpaired) electrons. The second kappa shape index (κ2) is 7.90. The molecule has 1 atom stereocenters. The molecule has 1 unspecified atom stereocenters. The number of hydrogen-bond acceptors (Lipinski definition) is 4. The highest BCUT2D eigenvalue weighted by Gasteiger charge is 2.23. The molecule has 0 bridgehead atoms. The van der Waals surface area contributed by atoms with Crippen LogP contribution in [0.3, 0.4) is 0 Å². The summed E-state index contributed by atoms with van der Waals surface area (Å²) < 4.78 is 13.9. The molecule has 1 aliphatic heterocycles. The number of anilines is 1. The van der Waals surface area contributed by atoms with E-state index >= 15 is 0 Å². The Morgan fingerprint density at radius 2 is 2.05 bits per heavy atom. The number of hydrogen-bond donors (Lipinski definition) is 0. The van der Waals surface area contributed by atoms with Crippen molar-refractivity contribution in [3.05, 3.63) is 11.0 Å². The van der Waals surface area contributed by atoms with Crippen molar-refractivity contribution in [3.8, 4) is 0 Å². The van der Waals surface area contributed by atoms with Gasteiger partial charge in [-0.1, -0.05) is 44.1 Å². The van der Waals surface area contributed by atoms with Crippen LogP contribution in [0.15, 0.2) is 5.16 Å². The first kappa shape index (κ1) is 16.5. The van der Waals surface area contributed by atoms with Crippen LogP contribution in [0.2, 0.25) is 5.15 Å². The topological polar surface area (TPSA) is 29.0 Å². The van der Waals surface area contributed by atoms with Crippen molar-refractivity contribution >= 4 is 29.2 Å². The molecule has 19 heavy (non-hydrogen) atoms. The minimum atomic E-state index is -0.501. The van der Waals surface area contributed by atoms with Gasteiger partial charge in [-0.15, -0.1) is 0 Å². The van der Waals surface area contributed by atoms with Crippen LogP contribution in [0.1, 0.15) is 33.6 Å². The zero-order valence-electron chi connectivity index (χ0n) is 11.9. The highest BCUT2D eigenvalue weighted by atomic mass is 35.5. The Labute approximate surface area is 124 Å². The molecule has 108 valence electrons. The maximum absolute atomic E-state index is 13.9. The minimum Gasteiger partial charge on any atom is -0.354 e. The minimum absolute atomic E-state index is 0.0856. The molecule has 1 saturated heterocycles. The predicted molar refractivity (Wildman–Crippen MR) is 80.7 cm³/mol. The van der Waals surface area contributed by atoms with E-state index in [1.54, 1.807) is 0 Å². The third-order valence-electron chi connectivity index (χ3n) is 2.91. The summed E-state index contributed by atoms with van der Waals surface area (Å²) in [6.45, 7) is 7.84. The zero-order chi connectivity index (χ0) is 14.4. The van der Waals surface area contributed by atoms with Crippen molar-refractivity contribution in [2.75, 3.05) is 24.2 Å². The van der Waals surface area contributed by atoms with Gasteiger partial charge in [0, 0.05) is 13.1 Å². The largest absolute Gasteiger partial charge is 0.354 e. The van der Waals surface area contributed by atoms with Gasteiger partial charge in [-0.05, 0) is 25.0 Å². The van der Waals surface area contributed by atoms with E-state index < -0.39 is 5.82 Å². The lowest BCUT2D eigenvalue weighted by Crippen LogP contribution is -2.35. The van der Waals surface area contributed by atoms with E-state index in [9.17, 15) is 4.39 Å². The fraction of sp³-hybridized carbons (Fsp3) is 0.692. The van der Waals surface area contributed by atoms with E-state index in [4.69, 9.17) is 11.6 Å². The summed E-state index contributed by atoms with van der Waals surface area (Å²) in [6, 6.07) is 0. The summed E-state index contributed by atoms with van der Waals surface area (Å²) in [5.74, 6) is 0.411. The van der Waals surface area contributed by atoms with E-state index in [0.717, 1.165) is 19.5 Å². The van der Waals surface area contributed by atoms with Gasteiger partial charge in [-0.2, -0.15) is 4.39 Å². The van der Waals surface area contributed by atoms with Gasteiger partial charge < -0.3 is 4.90 Å². The van der Waals surface area contributed by atoms with Gasteiger partial charge >= 0.3 is 0 Å². The molecule has 3 nitrogen and oxygen atoms in total. The first-order chi connectivity index (χ1) is 9.11. The molecular formula is C13H21ClFN3S. The van der Waals surface area contributed by atoms with Crippen LogP contribution >= 0.6 is 23.4 Å². The maximum Gasteiger partial charge on any atom is 0.202 e. The number of halogens is 2. The Kier molecular flexibility index (Phi) is 6.86. The molecule has 2 rings (SSSR count). The summed E-state index contributed by atoms with van der Waals surface area (Å²) >= 11 is 7.16. The van der Waals surface area contributed by atoms with Crippen molar-refractivity contribution < 1.29 is 4.39 Å². The highest BCUT2D eigenvalue weighted by molar-refractivity contribution is 7.98. The van der Waals surface area contributed by atoms with Gasteiger partial charge in [0.2, 0.25) is 5.82 Å². The first-order valence-corrected chi connectivity index (χ1v) is 8.24. The van der Waals surface area contributed by atoms with Crippen LogP contribution in [0.25, 0.3) is 0 Å². The Balaban J connectivity index is 0.000000861. The standard InChI is InChI=1S/C11H15ClFN3S.C2H6/c1-7-4-3-5-16(6-7)10-8(13)9(12)14-11(15-10)17-2;1-2/h7H,3-6H2,1-2H3;1-2H3. The van der Waals surface area contributed by atoms with Gasteiger partial charge in [0.05, 0.1) is 0 Å². The molecule has 0 aliphatic carbocycles. The lowest BCUT2D eigenvalue weighted by Gasteiger charge is -2.32. The third-order valence-corrected chi connectivity index (χ3v) is 3.71. The average molecular weight is 306 g/mol. The smallest absolute Gasteiger partial charge is 0.202 e. The van der Waals surface area contributed by atoms with Crippen LogP contribution in [0.5, 0.6) is 0 Å². The Morgan fingerprint density at radius 3 is 2.63 bits per heavy atom. The summed E-state index contributed by atoms with van der Waals surface area (Å²) in [6.07, 6.45) is 4.11. The van der Waals surface area contributed by atoms with E-state index in [2.05, 4.69) is 16.9 Å². The van der Waals surface area contributed by atoms with Crippen molar-refractivity contribution in [1.82, 2.24) is 9.97 Å². The van der Waals surface area contributed by atoms with Crippen LogP contribution < -0.4 is 4.90 Å². The van der Waals surface area contributed by atoms with Gasteiger partial charge in [0.25, 0.3) is 0 Å². The predicted octanol–water partition coefficient (Wildman–Crippen LogP) is 4.25. The summed E-state index contributed by atoms with van der Waals surface area (Å²) in [4.78, 5) is 10.1. The van der Waals surface area contributed by atoms with Crippen molar-refractivity contribution in [3.63, 3.8) is 0 Å². The van der Waals surface area contributed by atoms with Crippen LogP contribution in [-0.4, -0.2) is 29.3 Å². The van der Waals surface area contributed by atoms with E-state index in [1.165, 1.54) is 18.2 Å². The Bertz CT molecular complexity index is 417. The third kappa shape index (κ3) is 4.21. The van der Waals surface area contributed by atoms with Gasteiger partial charge in [-0.25, -0.2) is 9.97 Å². The second-order valence-electron chi connectivity index (χ2n) is 4.33. The normalized spacial score (nSPS) is 18.8. The number of piperidine rings is 1. The van der Waals surface area contributed by atoms with Crippen LogP contribution in [0, 0.1) is 11.7 Å². The average Bonchev–Trinajstić information content (AvgIpc) is 2.44. The molecule has 1 aliphatic rings. The number of nitrogens with zero attached hydrogens (tertiary/aromatic N) is 3. The molecule has 0 aromatic carbocycles.